The zero-order valence-corrected chi connectivity index (χ0v) is 14.5. The minimum absolute atomic E-state index is 0.152. The van der Waals surface area contributed by atoms with Crippen LogP contribution in [0.1, 0.15) is 20.3 Å². The summed E-state index contributed by atoms with van der Waals surface area (Å²) in [6, 6.07) is 10.9. The van der Waals surface area contributed by atoms with Crippen molar-refractivity contribution in [3.05, 3.63) is 30.3 Å². The largest absolute Gasteiger partial charge is 0.394 e. The number of aliphatic hydroxyl groups is 2. The van der Waals surface area contributed by atoms with Crippen molar-refractivity contribution in [2.45, 2.75) is 32.4 Å². The number of aliphatic hydroxyl groups excluding tert-OH is 2. The first-order valence-corrected chi connectivity index (χ1v) is 9.91. The van der Waals surface area contributed by atoms with Gasteiger partial charge in [-0.05, 0) is 31.5 Å². The Labute approximate surface area is 134 Å². The lowest BCUT2D eigenvalue weighted by Crippen LogP contribution is -2.54. The van der Waals surface area contributed by atoms with Gasteiger partial charge in [-0.25, -0.2) is 0 Å². The summed E-state index contributed by atoms with van der Waals surface area (Å²) >= 11 is 0. The molecule has 2 N–H and O–H groups in total. The Kier molecular flexibility index (Phi) is 9.54. The third-order valence-electron chi connectivity index (χ3n) is 3.28. The van der Waals surface area contributed by atoms with Gasteiger partial charge in [-0.1, -0.05) is 30.3 Å². The Morgan fingerprint density at radius 1 is 1.09 bits per heavy atom. The number of rotatable bonds is 12. The molecule has 0 fully saturated rings. The van der Waals surface area contributed by atoms with Crippen molar-refractivity contribution in [2.75, 3.05) is 33.0 Å². The molecule has 0 heterocycles. The molecular weight excluding hydrogens is 300 g/mol. The second kappa shape index (κ2) is 10.9. The van der Waals surface area contributed by atoms with Crippen LogP contribution in [0, 0.1) is 0 Å². The Hall–Kier alpha value is -0.763. The van der Waals surface area contributed by atoms with E-state index in [-0.39, 0.29) is 13.2 Å². The quantitative estimate of drug-likeness (QED) is 0.445. The van der Waals surface area contributed by atoms with E-state index in [4.69, 9.17) is 18.7 Å². The van der Waals surface area contributed by atoms with E-state index in [1.54, 1.807) is 0 Å². The van der Waals surface area contributed by atoms with Gasteiger partial charge in [0, 0.05) is 19.8 Å². The first kappa shape index (κ1) is 19.3. The van der Waals surface area contributed by atoms with Crippen molar-refractivity contribution in [3.63, 3.8) is 0 Å². The summed E-state index contributed by atoms with van der Waals surface area (Å²) in [6.45, 7) is 5.59. The molecule has 0 aliphatic heterocycles. The van der Waals surface area contributed by atoms with Crippen LogP contribution in [0.4, 0.5) is 0 Å². The lowest BCUT2D eigenvalue weighted by Gasteiger charge is -2.30. The third kappa shape index (κ3) is 6.16. The summed E-state index contributed by atoms with van der Waals surface area (Å²) < 4.78 is 17.5. The summed E-state index contributed by atoms with van der Waals surface area (Å²) in [5.41, 5.74) is 0. The van der Waals surface area contributed by atoms with Crippen LogP contribution < -0.4 is 5.19 Å². The first-order chi connectivity index (χ1) is 10.7. The maximum absolute atomic E-state index is 9.25. The first-order valence-electron chi connectivity index (χ1n) is 7.88. The summed E-state index contributed by atoms with van der Waals surface area (Å²) in [6.07, 6.45) is -0.0193. The van der Waals surface area contributed by atoms with Crippen LogP contribution in [0.3, 0.4) is 0 Å². The van der Waals surface area contributed by atoms with Gasteiger partial charge in [0.05, 0.1) is 13.2 Å². The van der Waals surface area contributed by atoms with E-state index in [1.165, 1.54) is 0 Å². The molecule has 0 bridgehead atoms. The Bertz CT molecular complexity index is 381. The molecule has 1 atom stereocenters. The predicted octanol–water partition coefficient (Wildman–Crippen LogP) is 1.17. The topological polar surface area (TPSA) is 68.2 Å². The molecule has 0 aliphatic carbocycles. The molecule has 0 saturated carbocycles. The Morgan fingerprint density at radius 2 is 1.73 bits per heavy atom. The Balaban J connectivity index is 2.62. The zero-order chi connectivity index (χ0) is 16.3. The van der Waals surface area contributed by atoms with E-state index in [9.17, 15) is 5.11 Å². The molecule has 1 unspecified atom stereocenters. The Morgan fingerprint density at radius 3 is 2.27 bits per heavy atom. The van der Waals surface area contributed by atoms with Gasteiger partial charge in [-0.15, -0.1) is 0 Å². The SMILES string of the molecule is CCO[Si](CCCOCC(O)CO)(OCC)c1ccccc1. The molecule has 1 aromatic carbocycles. The normalized spacial score (nSPS) is 13.3. The van der Waals surface area contributed by atoms with Crippen LogP contribution >= 0.6 is 0 Å². The molecule has 0 saturated heterocycles. The van der Waals surface area contributed by atoms with E-state index >= 15 is 0 Å². The standard InChI is InChI=1S/C16H28O5Si/c1-3-20-22(21-4-2,16-9-6-5-7-10-16)12-8-11-19-14-15(18)13-17/h5-7,9-10,15,17-18H,3-4,8,11-14H2,1-2H3. The van der Waals surface area contributed by atoms with Gasteiger partial charge in [0.15, 0.2) is 0 Å². The second-order valence-corrected chi connectivity index (χ2v) is 8.16. The van der Waals surface area contributed by atoms with E-state index in [0.717, 1.165) is 17.7 Å². The van der Waals surface area contributed by atoms with Gasteiger partial charge in [0.1, 0.15) is 6.10 Å². The second-order valence-electron chi connectivity index (χ2n) is 5.00. The molecule has 5 nitrogen and oxygen atoms in total. The number of hydrogen-bond donors (Lipinski definition) is 2. The molecule has 0 radical (unpaired) electrons. The van der Waals surface area contributed by atoms with Crippen molar-refractivity contribution in [2.24, 2.45) is 0 Å². The van der Waals surface area contributed by atoms with Crippen LogP contribution in [0.15, 0.2) is 30.3 Å². The lowest BCUT2D eigenvalue weighted by atomic mass is 10.4. The van der Waals surface area contributed by atoms with Crippen molar-refractivity contribution in [3.8, 4) is 0 Å². The highest BCUT2D eigenvalue weighted by molar-refractivity contribution is 6.81. The van der Waals surface area contributed by atoms with Crippen LogP contribution in [-0.4, -0.2) is 57.9 Å². The van der Waals surface area contributed by atoms with E-state index in [2.05, 4.69) is 12.1 Å². The van der Waals surface area contributed by atoms with Crippen molar-refractivity contribution < 1.29 is 23.8 Å². The minimum atomic E-state index is -2.45. The smallest absolute Gasteiger partial charge is 0.372 e. The van der Waals surface area contributed by atoms with Gasteiger partial charge >= 0.3 is 8.56 Å². The van der Waals surface area contributed by atoms with Crippen LogP contribution in [0.2, 0.25) is 6.04 Å². The zero-order valence-electron chi connectivity index (χ0n) is 13.5. The highest BCUT2D eigenvalue weighted by Gasteiger charge is 2.38. The minimum Gasteiger partial charge on any atom is -0.394 e. The molecule has 0 spiro atoms. The number of hydrogen-bond acceptors (Lipinski definition) is 5. The molecule has 126 valence electrons. The monoisotopic (exact) mass is 328 g/mol. The molecule has 6 heteroatoms. The summed E-state index contributed by atoms with van der Waals surface area (Å²) in [5.74, 6) is 0. The van der Waals surface area contributed by atoms with Gasteiger partial charge in [-0.3, -0.25) is 0 Å². The van der Waals surface area contributed by atoms with E-state index in [1.807, 2.05) is 32.0 Å². The van der Waals surface area contributed by atoms with Gasteiger partial charge in [-0.2, -0.15) is 0 Å². The van der Waals surface area contributed by atoms with Gasteiger partial charge in [0.2, 0.25) is 0 Å². The average Bonchev–Trinajstić information content (AvgIpc) is 2.55. The fourth-order valence-corrected chi connectivity index (χ4v) is 5.57. The summed E-state index contributed by atoms with van der Waals surface area (Å²) in [4.78, 5) is 0. The lowest BCUT2D eigenvalue weighted by molar-refractivity contribution is 0.00605. The molecule has 1 aromatic rings. The van der Waals surface area contributed by atoms with E-state index in [0.29, 0.717) is 19.8 Å². The molecule has 1 rings (SSSR count). The fraction of sp³-hybridized carbons (Fsp3) is 0.625. The molecule has 0 aliphatic rings. The molecule has 0 aromatic heterocycles. The average molecular weight is 328 g/mol. The highest BCUT2D eigenvalue weighted by atomic mass is 28.4. The van der Waals surface area contributed by atoms with Crippen molar-refractivity contribution in [1.29, 1.82) is 0 Å². The molecular formula is C16H28O5Si. The molecule has 0 amide bonds. The van der Waals surface area contributed by atoms with Crippen molar-refractivity contribution >= 4 is 13.7 Å². The van der Waals surface area contributed by atoms with Crippen LogP contribution in [0.25, 0.3) is 0 Å². The fourth-order valence-electron chi connectivity index (χ4n) is 2.33. The maximum atomic E-state index is 9.25. The number of ether oxygens (including phenoxy) is 1. The van der Waals surface area contributed by atoms with Crippen LogP contribution in [-0.2, 0) is 13.6 Å². The summed E-state index contributed by atoms with van der Waals surface area (Å²) in [7, 11) is -2.45. The third-order valence-corrected chi connectivity index (χ3v) is 7.02. The van der Waals surface area contributed by atoms with Gasteiger partial charge in [0.25, 0.3) is 0 Å². The van der Waals surface area contributed by atoms with Gasteiger partial charge < -0.3 is 23.8 Å². The molecule has 22 heavy (non-hydrogen) atoms. The maximum Gasteiger partial charge on any atom is 0.372 e. The number of benzene rings is 1. The highest BCUT2D eigenvalue weighted by Crippen LogP contribution is 2.17. The predicted molar refractivity (Wildman–Crippen MR) is 88.4 cm³/mol. The summed E-state index contributed by atoms with van der Waals surface area (Å²) in [5, 5.41) is 19.1. The van der Waals surface area contributed by atoms with Crippen LogP contribution in [0.5, 0.6) is 0 Å². The van der Waals surface area contributed by atoms with Crippen molar-refractivity contribution in [1.82, 2.24) is 0 Å². The van der Waals surface area contributed by atoms with E-state index < -0.39 is 14.7 Å².